The van der Waals surface area contributed by atoms with E-state index in [0.717, 1.165) is 17.1 Å². The summed E-state index contributed by atoms with van der Waals surface area (Å²) in [6.45, 7) is 6.90. The third-order valence-electron chi connectivity index (χ3n) is 3.53. The Balaban J connectivity index is 2.41. The third-order valence-corrected chi connectivity index (χ3v) is 3.53. The molecule has 1 heterocycles. The van der Waals surface area contributed by atoms with E-state index in [4.69, 9.17) is 0 Å². The lowest BCUT2D eigenvalue weighted by Gasteiger charge is -2.22. The first kappa shape index (κ1) is 15.5. The minimum Gasteiger partial charge on any atom is -0.327 e. The number of benzene rings is 1. The fraction of sp³-hybridized carbons (Fsp3) is 0.438. The smallest absolute Gasteiger partial charge is 0.146 e. The minimum atomic E-state index is -0.235. The van der Waals surface area contributed by atoms with Crippen molar-refractivity contribution < 1.29 is 4.39 Å². The van der Waals surface area contributed by atoms with Gasteiger partial charge in [-0.25, -0.2) is 4.39 Å². The van der Waals surface area contributed by atoms with Gasteiger partial charge in [-0.05, 0) is 19.1 Å². The Morgan fingerprint density at radius 2 is 2.00 bits per heavy atom. The van der Waals surface area contributed by atoms with Crippen molar-refractivity contribution >= 4 is 11.5 Å². The Bertz CT molecular complexity index is 619. The van der Waals surface area contributed by atoms with Gasteiger partial charge in [0, 0.05) is 32.2 Å². The molecule has 0 saturated heterocycles. The van der Waals surface area contributed by atoms with E-state index in [0.29, 0.717) is 18.3 Å². The van der Waals surface area contributed by atoms with Crippen LogP contribution in [0.2, 0.25) is 0 Å². The SMILES string of the molecule is Cc1nn(C)c(N(C)c2ccccc2F)c1CNC(C)C. The van der Waals surface area contributed by atoms with E-state index in [2.05, 4.69) is 24.3 Å². The fourth-order valence-electron chi connectivity index (χ4n) is 2.46. The molecular weight excluding hydrogens is 267 g/mol. The number of nitrogens with one attached hydrogen (secondary N) is 1. The zero-order valence-electron chi connectivity index (χ0n) is 13.3. The molecule has 114 valence electrons. The summed E-state index contributed by atoms with van der Waals surface area (Å²) in [5.41, 5.74) is 2.60. The summed E-state index contributed by atoms with van der Waals surface area (Å²) in [4.78, 5) is 1.85. The molecule has 5 heteroatoms. The lowest BCUT2D eigenvalue weighted by Crippen LogP contribution is -2.24. The molecule has 0 aliphatic rings. The lowest BCUT2D eigenvalue weighted by atomic mass is 10.2. The molecule has 0 atom stereocenters. The first-order valence-electron chi connectivity index (χ1n) is 7.16. The van der Waals surface area contributed by atoms with Crippen LogP contribution in [0.25, 0.3) is 0 Å². The third kappa shape index (κ3) is 3.24. The quantitative estimate of drug-likeness (QED) is 0.918. The Kier molecular flexibility index (Phi) is 4.63. The second-order valence-electron chi connectivity index (χ2n) is 5.56. The largest absolute Gasteiger partial charge is 0.327 e. The average molecular weight is 290 g/mol. The molecule has 0 saturated carbocycles. The number of hydrogen-bond acceptors (Lipinski definition) is 3. The van der Waals surface area contributed by atoms with Crippen molar-refractivity contribution in [3.05, 3.63) is 41.3 Å². The summed E-state index contributed by atoms with van der Waals surface area (Å²) in [7, 11) is 3.76. The molecule has 0 fully saturated rings. The fourth-order valence-corrected chi connectivity index (χ4v) is 2.46. The minimum absolute atomic E-state index is 0.235. The second kappa shape index (κ2) is 6.26. The molecule has 1 aromatic carbocycles. The van der Waals surface area contributed by atoms with Gasteiger partial charge in [-0.1, -0.05) is 26.0 Å². The molecule has 0 bridgehead atoms. The standard InChI is InChI=1S/C16H23FN4/c1-11(2)18-10-13-12(3)19-21(5)16(13)20(4)15-9-7-6-8-14(15)17/h6-9,11,18H,10H2,1-5H3. The van der Waals surface area contributed by atoms with E-state index in [1.165, 1.54) is 6.07 Å². The Morgan fingerprint density at radius 1 is 1.33 bits per heavy atom. The summed E-state index contributed by atoms with van der Waals surface area (Å²) in [5.74, 6) is 0.673. The van der Waals surface area contributed by atoms with Crippen LogP contribution in [0.15, 0.2) is 24.3 Å². The van der Waals surface area contributed by atoms with E-state index in [-0.39, 0.29) is 5.82 Å². The van der Waals surface area contributed by atoms with Crippen LogP contribution >= 0.6 is 0 Å². The van der Waals surface area contributed by atoms with Crippen molar-refractivity contribution in [1.29, 1.82) is 0 Å². The summed E-state index contributed by atoms with van der Waals surface area (Å²) in [6.07, 6.45) is 0. The van der Waals surface area contributed by atoms with E-state index in [1.54, 1.807) is 16.8 Å². The topological polar surface area (TPSA) is 33.1 Å². The molecule has 2 rings (SSSR count). The van der Waals surface area contributed by atoms with Gasteiger partial charge < -0.3 is 10.2 Å². The molecule has 1 aromatic heterocycles. The number of para-hydroxylation sites is 1. The van der Waals surface area contributed by atoms with E-state index < -0.39 is 0 Å². The Morgan fingerprint density at radius 3 is 2.62 bits per heavy atom. The molecule has 21 heavy (non-hydrogen) atoms. The van der Waals surface area contributed by atoms with Crippen LogP contribution in [0.4, 0.5) is 15.9 Å². The first-order chi connectivity index (χ1) is 9.91. The molecule has 0 aliphatic carbocycles. The van der Waals surface area contributed by atoms with Crippen LogP contribution in [0.3, 0.4) is 0 Å². The highest BCUT2D eigenvalue weighted by atomic mass is 19.1. The molecule has 2 aromatic rings. The lowest BCUT2D eigenvalue weighted by molar-refractivity contribution is 0.587. The van der Waals surface area contributed by atoms with Gasteiger partial charge in [0.15, 0.2) is 0 Å². The van der Waals surface area contributed by atoms with Gasteiger partial charge >= 0.3 is 0 Å². The zero-order chi connectivity index (χ0) is 15.6. The van der Waals surface area contributed by atoms with Gasteiger partial charge in [0.2, 0.25) is 0 Å². The number of halogens is 1. The summed E-state index contributed by atoms with van der Waals surface area (Å²) >= 11 is 0. The second-order valence-corrected chi connectivity index (χ2v) is 5.56. The highest BCUT2D eigenvalue weighted by Crippen LogP contribution is 2.30. The van der Waals surface area contributed by atoms with Crippen LogP contribution in [-0.2, 0) is 13.6 Å². The molecule has 0 unspecified atom stereocenters. The molecule has 0 aliphatic heterocycles. The van der Waals surface area contributed by atoms with Crippen LogP contribution in [0, 0.1) is 12.7 Å². The highest BCUT2D eigenvalue weighted by Gasteiger charge is 2.19. The van der Waals surface area contributed by atoms with E-state index in [1.807, 2.05) is 32.0 Å². The molecular formula is C16H23FN4. The van der Waals surface area contributed by atoms with E-state index >= 15 is 0 Å². The predicted octanol–water partition coefficient (Wildman–Crippen LogP) is 3.13. The van der Waals surface area contributed by atoms with Gasteiger partial charge in [0.25, 0.3) is 0 Å². The van der Waals surface area contributed by atoms with Crippen LogP contribution < -0.4 is 10.2 Å². The molecule has 0 amide bonds. The molecule has 0 spiro atoms. The monoisotopic (exact) mass is 290 g/mol. The average Bonchev–Trinajstić information content (AvgIpc) is 2.70. The van der Waals surface area contributed by atoms with Crippen molar-refractivity contribution in [3.63, 3.8) is 0 Å². The van der Waals surface area contributed by atoms with Crippen LogP contribution in [0.1, 0.15) is 25.1 Å². The normalized spacial score (nSPS) is 11.2. The number of aryl methyl sites for hydroxylation is 2. The van der Waals surface area contributed by atoms with Crippen LogP contribution in [0.5, 0.6) is 0 Å². The zero-order valence-corrected chi connectivity index (χ0v) is 13.3. The molecule has 0 radical (unpaired) electrons. The summed E-state index contributed by atoms with van der Waals surface area (Å²) in [5, 5.41) is 7.88. The Hall–Kier alpha value is -1.88. The summed E-state index contributed by atoms with van der Waals surface area (Å²) in [6, 6.07) is 7.17. The maximum atomic E-state index is 14.0. The number of nitrogens with zero attached hydrogens (tertiary/aromatic N) is 3. The van der Waals surface area contributed by atoms with Gasteiger partial charge in [-0.3, -0.25) is 4.68 Å². The van der Waals surface area contributed by atoms with Gasteiger partial charge in [-0.2, -0.15) is 5.10 Å². The van der Waals surface area contributed by atoms with Crippen molar-refractivity contribution in [2.45, 2.75) is 33.4 Å². The Labute approximate surface area is 125 Å². The predicted molar refractivity (Wildman–Crippen MR) is 84.4 cm³/mol. The highest BCUT2D eigenvalue weighted by molar-refractivity contribution is 5.64. The van der Waals surface area contributed by atoms with Gasteiger partial charge in [0.05, 0.1) is 11.4 Å². The van der Waals surface area contributed by atoms with Crippen molar-refractivity contribution in [2.24, 2.45) is 7.05 Å². The van der Waals surface area contributed by atoms with Gasteiger partial charge in [0.1, 0.15) is 11.6 Å². The van der Waals surface area contributed by atoms with Gasteiger partial charge in [-0.15, -0.1) is 0 Å². The molecule has 1 N–H and O–H groups in total. The summed E-state index contributed by atoms with van der Waals surface area (Å²) < 4.78 is 15.8. The number of hydrogen-bond donors (Lipinski definition) is 1. The van der Waals surface area contributed by atoms with Crippen molar-refractivity contribution in [3.8, 4) is 0 Å². The molecule has 4 nitrogen and oxygen atoms in total. The number of aromatic nitrogens is 2. The van der Waals surface area contributed by atoms with Crippen LogP contribution in [-0.4, -0.2) is 22.9 Å². The van der Waals surface area contributed by atoms with Crippen molar-refractivity contribution in [2.75, 3.05) is 11.9 Å². The van der Waals surface area contributed by atoms with Crippen molar-refractivity contribution in [1.82, 2.24) is 15.1 Å². The van der Waals surface area contributed by atoms with E-state index in [9.17, 15) is 4.39 Å². The maximum Gasteiger partial charge on any atom is 0.146 e. The number of rotatable bonds is 5. The number of anilines is 2. The first-order valence-corrected chi connectivity index (χ1v) is 7.16. The maximum absolute atomic E-state index is 14.0.